The molecule has 4 rings (SSSR count). The molecule has 1 saturated heterocycles. The number of pyridine rings is 1. The highest BCUT2D eigenvalue weighted by atomic mass is 32.2. The lowest BCUT2D eigenvalue weighted by Gasteiger charge is -2.32. The van der Waals surface area contributed by atoms with E-state index in [9.17, 15) is 13.2 Å². The summed E-state index contributed by atoms with van der Waals surface area (Å²) in [5.74, 6) is 1.89. The van der Waals surface area contributed by atoms with Gasteiger partial charge >= 0.3 is 6.18 Å². The molecule has 2 aromatic heterocycles. The van der Waals surface area contributed by atoms with Gasteiger partial charge in [0.2, 0.25) is 0 Å². The molecule has 1 aromatic carbocycles. The van der Waals surface area contributed by atoms with Crippen molar-refractivity contribution in [2.24, 2.45) is 7.05 Å². The predicted octanol–water partition coefficient (Wildman–Crippen LogP) is 4.87. The molecule has 0 atom stereocenters. The summed E-state index contributed by atoms with van der Waals surface area (Å²) < 4.78 is 40.9. The molecule has 0 saturated carbocycles. The molecule has 0 spiro atoms. The van der Waals surface area contributed by atoms with Gasteiger partial charge in [-0.2, -0.15) is 13.2 Å². The van der Waals surface area contributed by atoms with Crippen molar-refractivity contribution in [3.8, 4) is 11.4 Å². The monoisotopic (exact) mass is 447 g/mol. The summed E-state index contributed by atoms with van der Waals surface area (Å²) in [5.41, 5.74) is 1.22. The number of benzene rings is 1. The van der Waals surface area contributed by atoms with E-state index in [1.807, 2.05) is 29.8 Å². The standard InChI is InChI=1S/C22H24F3N5S/c1-29-20(17-5-9-26-10-6-17)27-28-21(29)31-14-13-30-11-7-16(8-12-30)18-3-2-4-19(15-18)22(23,24)25/h2-6,9-10,15-16H,7-8,11-14H2,1H3. The third kappa shape index (κ3) is 5.27. The van der Waals surface area contributed by atoms with Crippen molar-refractivity contribution >= 4 is 11.8 Å². The largest absolute Gasteiger partial charge is 0.416 e. The molecule has 0 N–H and O–H groups in total. The van der Waals surface area contributed by atoms with E-state index in [0.717, 1.165) is 66.4 Å². The third-order valence-electron chi connectivity index (χ3n) is 5.69. The van der Waals surface area contributed by atoms with Crippen molar-refractivity contribution in [3.05, 3.63) is 59.9 Å². The first-order chi connectivity index (χ1) is 14.9. The molecule has 164 valence electrons. The van der Waals surface area contributed by atoms with Crippen molar-refractivity contribution in [1.29, 1.82) is 0 Å². The van der Waals surface area contributed by atoms with Crippen LogP contribution in [-0.2, 0) is 13.2 Å². The molecule has 3 heterocycles. The fourth-order valence-electron chi connectivity index (χ4n) is 3.92. The first-order valence-corrected chi connectivity index (χ1v) is 11.2. The molecule has 0 amide bonds. The summed E-state index contributed by atoms with van der Waals surface area (Å²) in [6.07, 6.45) is 0.939. The molecular formula is C22H24F3N5S. The maximum Gasteiger partial charge on any atom is 0.416 e. The van der Waals surface area contributed by atoms with Crippen LogP contribution in [0.5, 0.6) is 0 Å². The fourth-order valence-corrected chi connectivity index (χ4v) is 4.83. The van der Waals surface area contributed by atoms with Crippen LogP contribution in [0.1, 0.15) is 29.9 Å². The van der Waals surface area contributed by atoms with E-state index in [1.54, 1.807) is 24.2 Å². The number of thioether (sulfide) groups is 1. The number of nitrogens with zero attached hydrogens (tertiary/aromatic N) is 5. The molecule has 0 aliphatic carbocycles. The second kappa shape index (κ2) is 9.40. The Bertz CT molecular complexity index is 998. The summed E-state index contributed by atoms with van der Waals surface area (Å²) in [5, 5.41) is 9.46. The molecule has 0 bridgehead atoms. The van der Waals surface area contributed by atoms with Gasteiger partial charge in [-0.15, -0.1) is 10.2 Å². The molecule has 1 fully saturated rings. The quantitative estimate of drug-likeness (QED) is 0.505. The van der Waals surface area contributed by atoms with Gasteiger partial charge in [-0.3, -0.25) is 4.98 Å². The average molecular weight is 448 g/mol. The van der Waals surface area contributed by atoms with Crippen LogP contribution in [0.25, 0.3) is 11.4 Å². The highest BCUT2D eigenvalue weighted by Gasteiger charge is 2.31. The minimum absolute atomic E-state index is 0.188. The third-order valence-corrected chi connectivity index (χ3v) is 6.69. The fraction of sp³-hybridized carbons (Fsp3) is 0.409. The number of hydrogen-bond acceptors (Lipinski definition) is 5. The number of halogens is 3. The minimum Gasteiger partial charge on any atom is -0.305 e. The summed E-state index contributed by atoms with van der Waals surface area (Å²) in [6, 6.07) is 9.61. The van der Waals surface area contributed by atoms with Gasteiger partial charge in [-0.05, 0) is 55.6 Å². The summed E-state index contributed by atoms with van der Waals surface area (Å²) >= 11 is 1.67. The van der Waals surface area contributed by atoms with Crippen LogP contribution >= 0.6 is 11.8 Å². The van der Waals surface area contributed by atoms with Gasteiger partial charge in [0.05, 0.1) is 5.56 Å². The molecule has 31 heavy (non-hydrogen) atoms. The number of alkyl halides is 3. The summed E-state index contributed by atoms with van der Waals surface area (Å²) in [7, 11) is 1.96. The zero-order valence-corrected chi connectivity index (χ0v) is 18.0. The first kappa shape index (κ1) is 21.8. The average Bonchev–Trinajstić information content (AvgIpc) is 3.15. The minimum atomic E-state index is -4.29. The predicted molar refractivity (Wildman–Crippen MR) is 115 cm³/mol. The molecule has 1 aliphatic heterocycles. The van der Waals surface area contributed by atoms with E-state index in [0.29, 0.717) is 0 Å². The highest BCUT2D eigenvalue weighted by Crippen LogP contribution is 2.34. The van der Waals surface area contributed by atoms with Crippen LogP contribution in [0, 0.1) is 0 Å². The van der Waals surface area contributed by atoms with E-state index in [-0.39, 0.29) is 5.92 Å². The lowest BCUT2D eigenvalue weighted by Crippen LogP contribution is -2.34. The number of aromatic nitrogens is 4. The molecule has 9 heteroatoms. The Labute approximate surface area is 183 Å². The molecule has 0 unspecified atom stereocenters. The van der Waals surface area contributed by atoms with Crippen LogP contribution in [0.15, 0.2) is 53.9 Å². The Morgan fingerprint density at radius 2 is 1.81 bits per heavy atom. The Kier molecular flexibility index (Phi) is 6.62. The van der Waals surface area contributed by atoms with Gasteiger partial charge in [0.15, 0.2) is 11.0 Å². The summed E-state index contributed by atoms with van der Waals surface area (Å²) in [4.78, 5) is 6.40. The zero-order valence-electron chi connectivity index (χ0n) is 17.2. The molecule has 3 aromatic rings. The van der Waals surface area contributed by atoms with Gasteiger partial charge in [-0.25, -0.2) is 0 Å². The summed E-state index contributed by atoms with van der Waals surface area (Å²) in [6.45, 7) is 2.70. The number of likely N-dealkylation sites (tertiary alicyclic amines) is 1. The van der Waals surface area contributed by atoms with Crippen molar-refractivity contribution in [2.45, 2.75) is 30.1 Å². The first-order valence-electron chi connectivity index (χ1n) is 10.2. The van der Waals surface area contributed by atoms with Crippen LogP contribution in [0.2, 0.25) is 0 Å². The molecule has 5 nitrogen and oxygen atoms in total. The lowest BCUT2D eigenvalue weighted by atomic mass is 9.88. The Morgan fingerprint density at radius 3 is 2.52 bits per heavy atom. The van der Waals surface area contributed by atoms with Crippen LogP contribution < -0.4 is 0 Å². The number of piperidine rings is 1. The molecular weight excluding hydrogens is 423 g/mol. The van der Waals surface area contributed by atoms with Gasteiger partial charge in [-0.1, -0.05) is 30.0 Å². The van der Waals surface area contributed by atoms with Crippen LogP contribution in [0.4, 0.5) is 13.2 Å². The van der Waals surface area contributed by atoms with Gasteiger partial charge in [0.1, 0.15) is 0 Å². The Balaban J connectivity index is 1.27. The zero-order chi connectivity index (χ0) is 21.8. The van der Waals surface area contributed by atoms with Crippen molar-refractivity contribution < 1.29 is 13.2 Å². The Morgan fingerprint density at radius 1 is 1.06 bits per heavy atom. The van der Waals surface area contributed by atoms with Crippen LogP contribution in [0.3, 0.4) is 0 Å². The normalized spacial score (nSPS) is 16.0. The maximum atomic E-state index is 13.0. The second-order valence-electron chi connectivity index (χ2n) is 7.69. The van der Waals surface area contributed by atoms with E-state index in [1.165, 1.54) is 12.1 Å². The van der Waals surface area contributed by atoms with Gasteiger partial charge < -0.3 is 9.47 Å². The number of rotatable bonds is 6. The van der Waals surface area contributed by atoms with Crippen molar-refractivity contribution in [2.75, 3.05) is 25.4 Å². The van der Waals surface area contributed by atoms with Crippen molar-refractivity contribution in [3.63, 3.8) is 0 Å². The second-order valence-corrected chi connectivity index (χ2v) is 8.75. The Hall–Kier alpha value is -2.39. The van der Waals surface area contributed by atoms with Crippen molar-refractivity contribution in [1.82, 2.24) is 24.6 Å². The van der Waals surface area contributed by atoms with E-state index in [2.05, 4.69) is 20.1 Å². The topological polar surface area (TPSA) is 46.8 Å². The van der Waals surface area contributed by atoms with E-state index >= 15 is 0 Å². The molecule has 0 radical (unpaired) electrons. The number of hydrogen-bond donors (Lipinski definition) is 0. The maximum absolute atomic E-state index is 13.0. The van der Waals surface area contributed by atoms with Crippen LogP contribution in [-0.4, -0.2) is 50.0 Å². The SMILES string of the molecule is Cn1c(SCCN2CCC(c3cccc(C(F)(F)F)c3)CC2)nnc1-c1ccncc1. The highest BCUT2D eigenvalue weighted by molar-refractivity contribution is 7.99. The van der Waals surface area contributed by atoms with E-state index in [4.69, 9.17) is 0 Å². The smallest absolute Gasteiger partial charge is 0.305 e. The van der Waals surface area contributed by atoms with Gasteiger partial charge in [0.25, 0.3) is 0 Å². The lowest BCUT2D eigenvalue weighted by molar-refractivity contribution is -0.137. The molecule has 1 aliphatic rings. The van der Waals surface area contributed by atoms with Gasteiger partial charge in [0, 0.05) is 37.3 Å². The van der Waals surface area contributed by atoms with E-state index < -0.39 is 11.7 Å².